The van der Waals surface area contributed by atoms with Gasteiger partial charge in [0.2, 0.25) is 0 Å². The van der Waals surface area contributed by atoms with Crippen LogP contribution in [-0.4, -0.2) is 21.9 Å². The number of rotatable bonds is 0. The smallest absolute Gasteiger partial charge is 0.870 e. The zero-order chi connectivity index (χ0) is 0. The summed E-state index contributed by atoms with van der Waals surface area (Å²) in [5, 5.41) is 0. The van der Waals surface area contributed by atoms with Gasteiger partial charge in [-0.3, -0.25) is 0 Å². The quantitative estimate of drug-likeness (QED) is 0.448. The van der Waals surface area contributed by atoms with Crippen molar-refractivity contribution in [2.24, 2.45) is 0 Å². The first-order valence-electron chi connectivity index (χ1n) is 0. The molecule has 0 rings (SSSR count). The molecule has 0 fully saturated rings. The normalized spacial score (nSPS) is 0. The summed E-state index contributed by atoms with van der Waals surface area (Å²) in [5.74, 6) is 0. The van der Waals surface area contributed by atoms with Gasteiger partial charge in [0.1, 0.15) is 0 Å². The van der Waals surface area contributed by atoms with Gasteiger partial charge in [0.25, 0.3) is 0 Å². The van der Waals surface area contributed by atoms with E-state index in [1.807, 2.05) is 0 Å². The summed E-state index contributed by atoms with van der Waals surface area (Å²) in [5.41, 5.74) is 0. The third kappa shape index (κ3) is 42.1. The molecule has 0 bridgehead atoms. The van der Waals surface area contributed by atoms with Gasteiger partial charge >= 0.3 is 36.9 Å². The fraction of sp³-hybridized carbons (Fsp3) is 0. The van der Waals surface area contributed by atoms with Gasteiger partial charge in [0, 0.05) is 21.1 Å². The predicted molar refractivity (Wildman–Crippen MR) is 11.1 cm³/mol. The maximum absolute atomic E-state index is 0. The second kappa shape index (κ2) is 72.3. The molecule has 0 saturated carbocycles. The van der Waals surface area contributed by atoms with Gasteiger partial charge in [-0.2, -0.15) is 0 Å². The van der Waals surface area contributed by atoms with E-state index in [0.717, 1.165) is 0 Å². The van der Waals surface area contributed by atoms with Gasteiger partial charge < -0.3 is 21.9 Å². The molecule has 0 heterocycles. The molecule has 6 heavy (non-hydrogen) atoms. The topological polar surface area (TPSA) is 123 Å². The van der Waals surface area contributed by atoms with E-state index in [0.29, 0.717) is 0 Å². The minimum absolute atomic E-state index is 0. The van der Waals surface area contributed by atoms with E-state index in [1.54, 1.807) is 0 Å². The van der Waals surface area contributed by atoms with E-state index in [2.05, 4.69) is 0 Å². The summed E-state index contributed by atoms with van der Waals surface area (Å²) in [6.07, 6.45) is 0. The molecule has 6 heteroatoms. The summed E-state index contributed by atoms with van der Waals surface area (Å²) >= 11 is 0. The zero-order valence-corrected chi connectivity index (χ0v) is 7.29. The van der Waals surface area contributed by atoms with Gasteiger partial charge in [-0.1, -0.05) is 0 Å². The predicted octanol–water partition coefficient (Wildman–Crippen LogP) is -2.01. The third-order valence-electron chi connectivity index (χ3n) is 0. The van der Waals surface area contributed by atoms with E-state index in [4.69, 9.17) is 0 Å². The molecule has 0 aromatic rings. The van der Waals surface area contributed by atoms with Crippen molar-refractivity contribution in [3.8, 4) is 0 Å². The molecule has 0 spiro atoms. The van der Waals surface area contributed by atoms with Crippen molar-refractivity contribution >= 4 is 0 Å². The van der Waals surface area contributed by atoms with Crippen LogP contribution in [0.5, 0.6) is 0 Å². The second-order valence-corrected chi connectivity index (χ2v) is 0. The zero-order valence-electron chi connectivity index (χ0n) is 2.58. The van der Waals surface area contributed by atoms with Crippen molar-refractivity contribution in [2.75, 3.05) is 0 Å². The molecular formula is H6O4TmW+. The summed E-state index contributed by atoms with van der Waals surface area (Å²) in [6, 6.07) is 0. The van der Waals surface area contributed by atoms with Gasteiger partial charge in [-0.25, -0.2) is 0 Å². The standard InChI is InChI=1S/4H2O.Tm.W/h4*1H2;;/q;;;;+3;/p-2. The van der Waals surface area contributed by atoms with Crippen LogP contribution in [0.3, 0.4) is 0 Å². The molecule has 6 N–H and O–H groups in total. The van der Waals surface area contributed by atoms with E-state index >= 15 is 0 Å². The molecule has 0 aliphatic carbocycles. The van der Waals surface area contributed by atoms with Crippen LogP contribution in [0.2, 0.25) is 0 Å². The molecule has 4 nitrogen and oxygen atoms in total. The average Bonchev–Trinajstić information content (AvgIpc) is 0. The fourth-order valence-corrected chi connectivity index (χ4v) is 0. The van der Waals surface area contributed by atoms with E-state index in [9.17, 15) is 0 Å². The van der Waals surface area contributed by atoms with Crippen LogP contribution >= 0.6 is 0 Å². The third-order valence-corrected chi connectivity index (χ3v) is 0. The second-order valence-electron chi connectivity index (χ2n) is 0. The van der Waals surface area contributed by atoms with Crippen LogP contribution in [0.1, 0.15) is 0 Å². The van der Waals surface area contributed by atoms with Crippen molar-refractivity contribution in [3.63, 3.8) is 0 Å². The molecule has 0 aromatic carbocycles. The SMILES string of the molecule is O.O.[OH-].[OH-].[Tm+3].[W]. The molecule has 48 valence electrons. The molecule has 0 aliphatic rings. The van der Waals surface area contributed by atoms with Crippen molar-refractivity contribution in [1.82, 2.24) is 0 Å². The Morgan fingerprint density at radius 1 is 0.667 bits per heavy atom. The maximum Gasteiger partial charge on any atom is 3.00 e. The van der Waals surface area contributed by atoms with Crippen LogP contribution < -0.4 is 0 Å². The van der Waals surface area contributed by atoms with Gasteiger partial charge in [-0.05, 0) is 0 Å². The Labute approximate surface area is 79.0 Å². The Kier molecular flexibility index (Phi) is 1380. The van der Waals surface area contributed by atoms with Crippen LogP contribution in [-0.2, 0) is 21.1 Å². The molecule has 0 atom stereocenters. The number of hydrogen-bond donors (Lipinski definition) is 0. The Hall–Kier alpha value is 1.76. The minimum Gasteiger partial charge on any atom is -0.870 e. The Bertz CT molecular complexity index is 7.51. The van der Waals surface area contributed by atoms with Crippen molar-refractivity contribution in [1.29, 1.82) is 0 Å². The molecule has 0 aliphatic heterocycles. The van der Waals surface area contributed by atoms with Crippen LogP contribution in [0.4, 0.5) is 0 Å². The fourth-order valence-electron chi connectivity index (χ4n) is 0. The van der Waals surface area contributed by atoms with Gasteiger partial charge in [0.15, 0.2) is 0 Å². The summed E-state index contributed by atoms with van der Waals surface area (Å²) in [7, 11) is 0. The molecule has 0 amide bonds. The summed E-state index contributed by atoms with van der Waals surface area (Å²) < 4.78 is 0. The molecule has 0 radical (unpaired) electrons. The van der Waals surface area contributed by atoms with Crippen LogP contribution in [0, 0.1) is 36.9 Å². The average molecular weight is 423 g/mol. The summed E-state index contributed by atoms with van der Waals surface area (Å²) in [4.78, 5) is 0. The van der Waals surface area contributed by atoms with Crippen LogP contribution in [0.15, 0.2) is 0 Å². The monoisotopic (exact) mass is 423 g/mol. The van der Waals surface area contributed by atoms with E-state index < -0.39 is 0 Å². The first-order chi connectivity index (χ1) is 0. The summed E-state index contributed by atoms with van der Waals surface area (Å²) in [6.45, 7) is 0. The molecule has 0 aromatic heterocycles. The first kappa shape index (κ1) is 114. The van der Waals surface area contributed by atoms with Crippen molar-refractivity contribution in [3.05, 3.63) is 0 Å². The molecule has 0 unspecified atom stereocenters. The van der Waals surface area contributed by atoms with Crippen molar-refractivity contribution < 1.29 is 79.8 Å². The van der Waals surface area contributed by atoms with Crippen molar-refractivity contribution in [2.45, 2.75) is 0 Å². The Balaban J connectivity index is 0. The van der Waals surface area contributed by atoms with Crippen LogP contribution in [0.25, 0.3) is 0 Å². The van der Waals surface area contributed by atoms with E-state index in [1.165, 1.54) is 0 Å². The minimum atomic E-state index is 0. The Morgan fingerprint density at radius 2 is 0.667 bits per heavy atom. The van der Waals surface area contributed by atoms with Gasteiger partial charge in [0.05, 0.1) is 0 Å². The number of hydrogen-bond acceptors (Lipinski definition) is 2. The van der Waals surface area contributed by atoms with E-state index in [-0.39, 0.29) is 79.8 Å². The largest absolute Gasteiger partial charge is 3.00 e. The Morgan fingerprint density at radius 3 is 0.667 bits per heavy atom. The first-order valence-corrected chi connectivity index (χ1v) is 0. The molecular weight excluding hydrogens is 417 g/mol. The maximum atomic E-state index is 0. The van der Waals surface area contributed by atoms with Gasteiger partial charge in [-0.15, -0.1) is 0 Å². The molecule has 0 saturated heterocycles.